The first-order chi connectivity index (χ1) is 10.7. The molecule has 1 amide bonds. The Bertz CT molecular complexity index is 786. The summed E-state index contributed by atoms with van der Waals surface area (Å²) in [4.78, 5) is 16.2. The Morgan fingerprint density at radius 1 is 1.18 bits per heavy atom. The molecule has 0 radical (unpaired) electrons. The summed E-state index contributed by atoms with van der Waals surface area (Å²) in [5.74, 6) is -0.293. The number of benzene rings is 1. The molecular weight excluding hydrogens is 300 g/mol. The van der Waals surface area contributed by atoms with E-state index in [1.807, 2.05) is 41.2 Å². The van der Waals surface area contributed by atoms with E-state index in [0.29, 0.717) is 17.3 Å². The van der Waals surface area contributed by atoms with E-state index in [-0.39, 0.29) is 11.6 Å². The number of carbonyl (C=O) groups excluding carboxylic acids is 1. The number of halogens is 1. The van der Waals surface area contributed by atoms with Crippen LogP contribution in [-0.2, 0) is 6.54 Å². The lowest BCUT2D eigenvalue weighted by Gasteiger charge is -2.07. The molecule has 0 spiro atoms. The lowest BCUT2D eigenvalue weighted by molar-refractivity contribution is 0.102. The third-order valence-electron chi connectivity index (χ3n) is 3.04. The van der Waals surface area contributed by atoms with Crippen LogP contribution in [0.5, 0.6) is 0 Å². The molecule has 0 atom stereocenters. The molecule has 0 aliphatic carbocycles. The van der Waals surface area contributed by atoms with E-state index in [4.69, 9.17) is 11.6 Å². The first-order valence-electron chi connectivity index (χ1n) is 6.70. The topological polar surface area (TPSA) is 59.8 Å². The first kappa shape index (κ1) is 14.3. The SMILES string of the molecule is O=C(Nc1cccc(Cn2cccn2)c1)c1cc(Cl)ccn1. The van der Waals surface area contributed by atoms with E-state index < -0.39 is 0 Å². The smallest absolute Gasteiger partial charge is 0.274 e. The van der Waals surface area contributed by atoms with Gasteiger partial charge in [0.05, 0.1) is 6.54 Å². The van der Waals surface area contributed by atoms with Gasteiger partial charge in [0.25, 0.3) is 5.91 Å². The molecule has 1 N–H and O–H groups in total. The van der Waals surface area contributed by atoms with Crippen LogP contribution < -0.4 is 5.32 Å². The minimum Gasteiger partial charge on any atom is -0.321 e. The van der Waals surface area contributed by atoms with E-state index in [1.54, 1.807) is 12.3 Å². The molecule has 110 valence electrons. The van der Waals surface area contributed by atoms with Crippen molar-refractivity contribution < 1.29 is 4.79 Å². The summed E-state index contributed by atoms with van der Waals surface area (Å²) >= 11 is 5.87. The van der Waals surface area contributed by atoms with Crippen molar-refractivity contribution in [1.29, 1.82) is 0 Å². The Morgan fingerprint density at radius 3 is 2.86 bits per heavy atom. The lowest BCUT2D eigenvalue weighted by atomic mass is 10.2. The highest BCUT2D eigenvalue weighted by Crippen LogP contribution is 2.14. The molecule has 0 fully saturated rings. The number of anilines is 1. The summed E-state index contributed by atoms with van der Waals surface area (Å²) in [6.45, 7) is 0.645. The van der Waals surface area contributed by atoms with Gasteiger partial charge in [-0.3, -0.25) is 14.5 Å². The van der Waals surface area contributed by atoms with E-state index in [9.17, 15) is 4.79 Å². The van der Waals surface area contributed by atoms with Crippen LogP contribution in [-0.4, -0.2) is 20.7 Å². The van der Waals surface area contributed by atoms with Gasteiger partial charge in [-0.2, -0.15) is 5.10 Å². The van der Waals surface area contributed by atoms with Crippen LogP contribution in [0.3, 0.4) is 0 Å². The third kappa shape index (κ3) is 3.51. The zero-order valence-corrected chi connectivity index (χ0v) is 12.4. The first-order valence-corrected chi connectivity index (χ1v) is 7.08. The summed E-state index contributed by atoms with van der Waals surface area (Å²) in [5.41, 5.74) is 2.03. The van der Waals surface area contributed by atoms with E-state index in [0.717, 1.165) is 5.56 Å². The molecule has 5 nitrogen and oxygen atoms in total. The fourth-order valence-corrected chi connectivity index (χ4v) is 2.21. The van der Waals surface area contributed by atoms with E-state index in [2.05, 4.69) is 15.4 Å². The van der Waals surface area contributed by atoms with Gasteiger partial charge < -0.3 is 5.32 Å². The summed E-state index contributed by atoms with van der Waals surface area (Å²) in [7, 11) is 0. The number of rotatable bonds is 4. The number of carbonyl (C=O) groups is 1. The van der Waals surface area contributed by atoms with Gasteiger partial charge in [-0.25, -0.2) is 0 Å². The highest BCUT2D eigenvalue weighted by atomic mass is 35.5. The summed E-state index contributed by atoms with van der Waals surface area (Å²) in [6.07, 6.45) is 5.13. The molecule has 0 saturated carbocycles. The van der Waals surface area contributed by atoms with Crippen molar-refractivity contribution >= 4 is 23.2 Å². The van der Waals surface area contributed by atoms with Crippen molar-refractivity contribution in [3.05, 3.63) is 77.3 Å². The Labute approximate surface area is 132 Å². The van der Waals surface area contributed by atoms with Gasteiger partial charge in [-0.05, 0) is 35.9 Å². The van der Waals surface area contributed by atoms with Crippen LogP contribution in [0.1, 0.15) is 16.1 Å². The average molecular weight is 313 g/mol. The maximum atomic E-state index is 12.1. The van der Waals surface area contributed by atoms with Crippen molar-refractivity contribution in [2.24, 2.45) is 0 Å². The zero-order valence-electron chi connectivity index (χ0n) is 11.6. The number of amides is 1. The summed E-state index contributed by atoms with van der Waals surface area (Å²) in [5, 5.41) is 7.46. The number of aromatic nitrogens is 3. The Balaban J connectivity index is 1.74. The van der Waals surface area contributed by atoms with Gasteiger partial charge in [0.1, 0.15) is 5.69 Å². The molecule has 0 aliphatic heterocycles. The van der Waals surface area contributed by atoms with E-state index >= 15 is 0 Å². The van der Waals surface area contributed by atoms with Crippen molar-refractivity contribution in [3.8, 4) is 0 Å². The van der Waals surface area contributed by atoms with Crippen molar-refractivity contribution in [2.45, 2.75) is 6.54 Å². The normalized spacial score (nSPS) is 10.4. The minimum absolute atomic E-state index is 0.282. The predicted molar refractivity (Wildman–Crippen MR) is 85.0 cm³/mol. The summed E-state index contributed by atoms with van der Waals surface area (Å²) in [6, 6.07) is 12.6. The van der Waals surface area contributed by atoms with E-state index in [1.165, 1.54) is 12.3 Å². The molecular formula is C16H13ClN4O. The van der Waals surface area contributed by atoms with Crippen LogP contribution in [0.4, 0.5) is 5.69 Å². The Kier molecular flexibility index (Phi) is 4.16. The number of nitrogens with zero attached hydrogens (tertiary/aromatic N) is 3. The fourth-order valence-electron chi connectivity index (χ4n) is 2.05. The molecule has 0 unspecified atom stereocenters. The lowest BCUT2D eigenvalue weighted by Crippen LogP contribution is -2.13. The molecule has 3 aromatic rings. The largest absolute Gasteiger partial charge is 0.321 e. The van der Waals surface area contributed by atoms with Gasteiger partial charge in [0, 0.05) is 29.3 Å². The molecule has 2 heterocycles. The second-order valence-corrected chi connectivity index (χ2v) is 5.15. The molecule has 0 bridgehead atoms. The van der Waals surface area contributed by atoms with Crippen LogP contribution in [0.25, 0.3) is 0 Å². The number of nitrogens with one attached hydrogen (secondary N) is 1. The van der Waals surface area contributed by atoms with Crippen LogP contribution in [0.15, 0.2) is 61.1 Å². The molecule has 0 aliphatic rings. The van der Waals surface area contributed by atoms with Gasteiger partial charge in [-0.1, -0.05) is 23.7 Å². The quantitative estimate of drug-likeness (QED) is 0.804. The molecule has 3 rings (SSSR count). The maximum Gasteiger partial charge on any atom is 0.274 e. The Hall–Kier alpha value is -2.66. The standard InChI is InChI=1S/C16H13ClN4O/c17-13-5-7-18-15(10-13)16(22)20-14-4-1-3-12(9-14)11-21-8-2-6-19-21/h1-10H,11H2,(H,20,22). The molecule has 6 heteroatoms. The van der Waals surface area contributed by atoms with Crippen molar-refractivity contribution in [2.75, 3.05) is 5.32 Å². The number of hydrogen-bond donors (Lipinski definition) is 1. The maximum absolute atomic E-state index is 12.1. The van der Waals surface area contributed by atoms with Gasteiger partial charge in [0.2, 0.25) is 0 Å². The average Bonchev–Trinajstić information content (AvgIpc) is 3.00. The minimum atomic E-state index is -0.293. The van der Waals surface area contributed by atoms with Gasteiger partial charge >= 0.3 is 0 Å². The number of pyridine rings is 1. The zero-order chi connectivity index (χ0) is 15.4. The third-order valence-corrected chi connectivity index (χ3v) is 3.28. The molecule has 22 heavy (non-hydrogen) atoms. The van der Waals surface area contributed by atoms with Crippen molar-refractivity contribution in [1.82, 2.24) is 14.8 Å². The second-order valence-electron chi connectivity index (χ2n) is 4.72. The Morgan fingerprint density at radius 2 is 2.09 bits per heavy atom. The number of hydrogen-bond acceptors (Lipinski definition) is 3. The van der Waals surface area contributed by atoms with Crippen LogP contribution in [0, 0.1) is 0 Å². The van der Waals surface area contributed by atoms with Crippen LogP contribution >= 0.6 is 11.6 Å². The fraction of sp³-hybridized carbons (Fsp3) is 0.0625. The monoisotopic (exact) mass is 312 g/mol. The second kappa shape index (κ2) is 6.41. The van der Waals surface area contributed by atoms with Crippen molar-refractivity contribution in [3.63, 3.8) is 0 Å². The van der Waals surface area contributed by atoms with Gasteiger partial charge in [-0.15, -0.1) is 0 Å². The molecule has 2 aromatic heterocycles. The highest BCUT2D eigenvalue weighted by molar-refractivity contribution is 6.30. The highest BCUT2D eigenvalue weighted by Gasteiger charge is 2.08. The van der Waals surface area contributed by atoms with Gasteiger partial charge in [0.15, 0.2) is 0 Å². The molecule has 1 aromatic carbocycles. The van der Waals surface area contributed by atoms with Crippen LogP contribution in [0.2, 0.25) is 5.02 Å². The summed E-state index contributed by atoms with van der Waals surface area (Å²) < 4.78 is 1.82. The predicted octanol–water partition coefficient (Wildman–Crippen LogP) is 3.23. The molecule has 0 saturated heterocycles.